The Morgan fingerprint density at radius 1 is 0.889 bits per heavy atom. The maximum atomic E-state index is 2.42. The van der Waals surface area contributed by atoms with Crippen LogP contribution in [0.15, 0.2) is 30.3 Å². The average Bonchev–Trinajstić information content (AvgIpc) is 2.23. The Morgan fingerprint density at radius 3 is 2.28 bits per heavy atom. The van der Waals surface area contributed by atoms with Crippen LogP contribution in [0, 0.1) is 6.92 Å². The number of aryl methyl sites for hydroxylation is 1. The summed E-state index contributed by atoms with van der Waals surface area (Å²) in [5, 5.41) is 2.94. The van der Waals surface area contributed by atoms with Gasteiger partial charge in [-0.25, -0.2) is 0 Å². The molecule has 0 saturated heterocycles. The molecular formula is C17H20Se. The van der Waals surface area contributed by atoms with Gasteiger partial charge in [-0.1, -0.05) is 0 Å². The molecule has 0 aliphatic carbocycles. The fourth-order valence-electron chi connectivity index (χ4n) is 3.30. The second kappa shape index (κ2) is 3.62. The quantitative estimate of drug-likeness (QED) is 0.635. The molecule has 1 aliphatic heterocycles. The van der Waals surface area contributed by atoms with Crippen LogP contribution in [0.3, 0.4) is 0 Å². The molecule has 0 atom stereocenters. The Kier molecular flexibility index (Phi) is 2.47. The van der Waals surface area contributed by atoms with E-state index in [1.165, 1.54) is 16.3 Å². The Hall–Kier alpha value is -0.781. The molecule has 3 rings (SSSR count). The zero-order valence-electron chi connectivity index (χ0n) is 11.8. The molecule has 2 aromatic carbocycles. The molecule has 0 radical (unpaired) electrons. The van der Waals surface area contributed by atoms with E-state index in [9.17, 15) is 0 Å². The molecule has 0 N–H and O–H groups in total. The minimum absolute atomic E-state index is 0.328. The van der Waals surface area contributed by atoms with Crippen molar-refractivity contribution >= 4 is 25.7 Å². The molecule has 2 aromatic rings. The third-order valence-electron chi connectivity index (χ3n) is 3.93. The van der Waals surface area contributed by atoms with E-state index in [1.54, 1.807) is 11.1 Å². The Labute approximate surface area is 116 Å². The van der Waals surface area contributed by atoms with Gasteiger partial charge in [0.25, 0.3) is 0 Å². The van der Waals surface area contributed by atoms with E-state index in [4.69, 9.17) is 0 Å². The van der Waals surface area contributed by atoms with E-state index in [2.05, 4.69) is 65.0 Å². The van der Waals surface area contributed by atoms with Gasteiger partial charge in [0.2, 0.25) is 0 Å². The van der Waals surface area contributed by atoms with E-state index in [0.29, 0.717) is 23.6 Å². The van der Waals surface area contributed by atoms with Crippen LogP contribution in [0.25, 0.3) is 10.8 Å². The van der Waals surface area contributed by atoms with Gasteiger partial charge in [0.15, 0.2) is 0 Å². The molecule has 0 saturated carbocycles. The van der Waals surface area contributed by atoms with Crippen molar-refractivity contribution in [3.8, 4) is 0 Å². The second-order valence-electron chi connectivity index (χ2n) is 6.34. The van der Waals surface area contributed by atoms with Crippen molar-refractivity contribution in [2.24, 2.45) is 0 Å². The van der Waals surface area contributed by atoms with Crippen LogP contribution >= 0.6 is 0 Å². The molecule has 1 aliphatic rings. The van der Waals surface area contributed by atoms with Crippen molar-refractivity contribution in [1.82, 2.24) is 0 Å². The fraction of sp³-hybridized carbons (Fsp3) is 0.412. The van der Waals surface area contributed by atoms with Gasteiger partial charge < -0.3 is 0 Å². The van der Waals surface area contributed by atoms with Crippen LogP contribution < -0.4 is 0 Å². The van der Waals surface area contributed by atoms with Crippen LogP contribution in [0.5, 0.6) is 0 Å². The molecule has 0 fully saturated rings. The van der Waals surface area contributed by atoms with Crippen molar-refractivity contribution in [3.63, 3.8) is 0 Å². The summed E-state index contributed by atoms with van der Waals surface area (Å²) in [5.74, 6) is 0. The van der Waals surface area contributed by atoms with E-state index >= 15 is 0 Å². The van der Waals surface area contributed by atoms with E-state index in [0.717, 1.165) is 0 Å². The summed E-state index contributed by atoms with van der Waals surface area (Å²) in [5.41, 5.74) is 4.50. The summed E-state index contributed by atoms with van der Waals surface area (Å²) < 4.78 is 0.660. The molecule has 0 aromatic heterocycles. The first-order chi connectivity index (χ1) is 8.31. The molecule has 0 unspecified atom stereocenters. The van der Waals surface area contributed by atoms with Gasteiger partial charge in [-0.3, -0.25) is 0 Å². The summed E-state index contributed by atoms with van der Waals surface area (Å²) in [6, 6.07) is 11.5. The van der Waals surface area contributed by atoms with Gasteiger partial charge in [0, 0.05) is 0 Å². The van der Waals surface area contributed by atoms with Crippen molar-refractivity contribution in [2.75, 3.05) is 0 Å². The molecule has 0 bridgehead atoms. The first-order valence-corrected chi connectivity index (χ1v) is 8.27. The van der Waals surface area contributed by atoms with Gasteiger partial charge in [-0.2, -0.15) is 0 Å². The van der Waals surface area contributed by atoms with Crippen molar-refractivity contribution in [1.29, 1.82) is 0 Å². The molecule has 1 heterocycles. The Bertz CT molecular complexity index is 635. The number of rotatable bonds is 0. The summed E-state index contributed by atoms with van der Waals surface area (Å²) >= 11 is 0.578. The van der Waals surface area contributed by atoms with Crippen molar-refractivity contribution < 1.29 is 0 Å². The van der Waals surface area contributed by atoms with Gasteiger partial charge in [-0.15, -0.1) is 0 Å². The molecular weight excluding hydrogens is 283 g/mol. The third kappa shape index (κ3) is 1.65. The van der Waals surface area contributed by atoms with E-state index in [-0.39, 0.29) is 0 Å². The molecule has 18 heavy (non-hydrogen) atoms. The third-order valence-corrected chi connectivity index (χ3v) is 6.99. The van der Waals surface area contributed by atoms with Crippen molar-refractivity contribution in [2.45, 2.75) is 43.2 Å². The van der Waals surface area contributed by atoms with Crippen LogP contribution in [-0.2, 0) is 8.63 Å². The Morgan fingerprint density at radius 2 is 1.56 bits per heavy atom. The monoisotopic (exact) mass is 304 g/mol. The standard InChI is InChI=1S/C17H20Se/c1-11-9-12-7-6-8-13-15(12)14(10-11)17(4,5)18-16(13,2)3/h6-10H,1-5H3. The van der Waals surface area contributed by atoms with Crippen molar-refractivity contribution in [3.05, 3.63) is 47.0 Å². The zero-order chi connectivity index (χ0) is 13.1. The average molecular weight is 303 g/mol. The summed E-state index contributed by atoms with van der Waals surface area (Å²) in [6.45, 7) is 11.9. The fourth-order valence-corrected chi connectivity index (χ4v) is 7.13. The summed E-state index contributed by atoms with van der Waals surface area (Å²) in [7, 11) is 0. The summed E-state index contributed by atoms with van der Waals surface area (Å²) in [6.07, 6.45) is 0. The topological polar surface area (TPSA) is 0 Å². The zero-order valence-corrected chi connectivity index (χ0v) is 13.5. The SMILES string of the molecule is Cc1cc2c3c(cccc3c1)C(C)(C)[Se]C2(C)C. The van der Waals surface area contributed by atoms with Gasteiger partial charge in [0.1, 0.15) is 0 Å². The van der Waals surface area contributed by atoms with E-state index < -0.39 is 0 Å². The molecule has 1 heteroatoms. The molecule has 0 spiro atoms. The van der Waals surface area contributed by atoms with Gasteiger partial charge >= 0.3 is 116 Å². The number of hydrogen-bond acceptors (Lipinski definition) is 0. The minimum atomic E-state index is 0.328. The first kappa shape index (κ1) is 12.3. The normalized spacial score (nSPS) is 20.1. The van der Waals surface area contributed by atoms with Gasteiger partial charge in [0.05, 0.1) is 0 Å². The van der Waals surface area contributed by atoms with E-state index in [1.807, 2.05) is 0 Å². The molecule has 0 nitrogen and oxygen atoms in total. The maximum absolute atomic E-state index is 2.42. The van der Waals surface area contributed by atoms with Crippen LogP contribution in [-0.4, -0.2) is 15.0 Å². The van der Waals surface area contributed by atoms with Crippen LogP contribution in [0.4, 0.5) is 0 Å². The Balaban J connectivity index is 2.52. The predicted octanol–water partition coefficient (Wildman–Crippen LogP) is 4.34. The van der Waals surface area contributed by atoms with Crippen LogP contribution in [0.2, 0.25) is 0 Å². The predicted molar refractivity (Wildman–Crippen MR) is 80.5 cm³/mol. The van der Waals surface area contributed by atoms with Gasteiger partial charge in [-0.05, 0) is 0 Å². The molecule has 94 valence electrons. The molecule has 0 amide bonds. The summed E-state index contributed by atoms with van der Waals surface area (Å²) in [4.78, 5) is 0. The number of benzene rings is 2. The second-order valence-corrected chi connectivity index (χ2v) is 11.0. The van der Waals surface area contributed by atoms with Crippen LogP contribution in [0.1, 0.15) is 44.4 Å². The number of hydrogen-bond donors (Lipinski definition) is 0. The first-order valence-electron chi connectivity index (χ1n) is 6.56.